The summed E-state index contributed by atoms with van der Waals surface area (Å²) in [5.41, 5.74) is 12.7. The number of aromatic hydroxyl groups is 1. The Morgan fingerprint density at radius 2 is 2.23 bits per heavy atom. The molecule has 0 heterocycles. The summed E-state index contributed by atoms with van der Waals surface area (Å²) in [4.78, 5) is 0. The van der Waals surface area contributed by atoms with Crippen LogP contribution < -0.4 is 11.5 Å². The number of nitrogen functional groups attached to an aromatic ring is 1. The molecular weight excluding hydrogens is 168 g/mol. The summed E-state index contributed by atoms with van der Waals surface area (Å²) in [6.07, 6.45) is 0. The summed E-state index contributed by atoms with van der Waals surface area (Å²) in [5.74, 6) is 0.163. The smallest absolute Gasteiger partial charge is 0.116 e. The van der Waals surface area contributed by atoms with Gasteiger partial charge in [0.05, 0.1) is 12.6 Å². The van der Waals surface area contributed by atoms with E-state index in [2.05, 4.69) is 0 Å². The van der Waals surface area contributed by atoms with Crippen LogP contribution in [-0.4, -0.2) is 18.8 Å². The highest BCUT2D eigenvalue weighted by Gasteiger charge is 2.09. The number of methoxy groups -OCH3 is 1. The zero-order chi connectivity index (χ0) is 9.84. The molecule has 13 heavy (non-hydrogen) atoms. The number of hydrogen-bond acceptors (Lipinski definition) is 4. The van der Waals surface area contributed by atoms with Crippen molar-refractivity contribution in [1.82, 2.24) is 0 Å². The fourth-order valence-corrected chi connectivity index (χ4v) is 1.15. The van der Waals surface area contributed by atoms with Crippen molar-refractivity contribution in [3.05, 3.63) is 23.8 Å². The molecule has 0 spiro atoms. The van der Waals surface area contributed by atoms with Crippen LogP contribution in [0.3, 0.4) is 0 Å². The van der Waals surface area contributed by atoms with Crippen LogP contribution >= 0.6 is 0 Å². The maximum absolute atomic E-state index is 9.20. The Hall–Kier alpha value is -1.26. The van der Waals surface area contributed by atoms with E-state index in [1.807, 2.05) is 0 Å². The van der Waals surface area contributed by atoms with Crippen LogP contribution in [0.15, 0.2) is 18.2 Å². The van der Waals surface area contributed by atoms with Crippen molar-refractivity contribution in [2.45, 2.75) is 6.04 Å². The van der Waals surface area contributed by atoms with Crippen molar-refractivity contribution in [2.24, 2.45) is 5.73 Å². The van der Waals surface area contributed by atoms with Gasteiger partial charge in [-0.05, 0) is 23.8 Å². The van der Waals surface area contributed by atoms with Gasteiger partial charge in [-0.25, -0.2) is 0 Å². The molecule has 0 aliphatic carbocycles. The molecule has 0 amide bonds. The third-order valence-corrected chi connectivity index (χ3v) is 1.82. The minimum Gasteiger partial charge on any atom is -0.508 e. The molecule has 5 N–H and O–H groups in total. The summed E-state index contributed by atoms with van der Waals surface area (Å²) in [6, 6.07) is 4.41. The molecule has 1 rings (SSSR count). The maximum atomic E-state index is 9.20. The Labute approximate surface area is 77.1 Å². The largest absolute Gasteiger partial charge is 0.508 e. The summed E-state index contributed by atoms with van der Waals surface area (Å²) in [5, 5.41) is 9.20. The predicted molar refractivity (Wildman–Crippen MR) is 51.3 cm³/mol. The number of phenolic OH excluding ortho intramolecular Hbond substituents is 1. The van der Waals surface area contributed by atoms with Crippen LogP contribution in [-0.2, 0) is 4.74 Å². The van der Waals surface area contributed by atoms with E-state index in [-0.39, 0.29) is 11.8 Å². The summed E-state index contributed by atoms with van der Waals surface area (Å²) in [7, 11) is 1.57. The molecule has 4 heteroatoms. The first-order chi connectivity index (χ1) is 6.15. The van der Waals surface area contributed by atoms with E-state index < -0.39 is 0 Å². The lowest BCUT2D eigenvalue weighted by atomic mass is 10.1. The van der Waals surface area contributed by atoms with Gasteiger partial charge < -0.3 is 21.3 Å². The Morgan fingerprint density at radius 3 is 2.85 bits per heavy atom. The Balaban J connectivity index is 2.91. The van der Waals surface area contributed by atoms with Crippen LogP contribution in [0.2, 0.25) is 0 Å². The fraction of sp³-hybridized carbons (Fsp3) is 0.333. The fourth-order valence-electron chi connectivity index (χ4n) is 1.15. The Morgan fingerprint density at radius 1 is 1.54 bits per heavy atom. The molecule has 1 atom stereocenters. The lowest BCUT2D eigenvalue weighted by Gasteiger charge is -2.13. The van der Waals surface area contributed by atoms with Gasteiger partial charge in [-0.1, -0.05) is 0 Å². The molecule has 0 fully saturated rings. The minimum absolute atomic E-state index is 0.163. The molecular formula is C9H14N2O2. The topological polar surface area (TPSA) is 81.5 Å². The lowest BCUT2D eigenvalue weighted by molar-refractivity contribution is 0.181. The van der Waals surface area contributed by atoms with Crippen molar-refractivity contribution in [3.63, 3.8) is 0 Å². The number of ether oxygens (including phenoxy) is 1. The molecule has 72 valence electrons. The summed E-state index contributed by atoms with van der Waals surface area (Å²) in [6.45, 7) is 0.383. The van der Waals surface area contributed by atoms with Gasteiger partial charge in [0.1, 0.15) is 5.75 Å². The zero-order valence-electron chi connectivity index (χ0n) is 7.53. The first-order valence-electron chi connectivity index (χ1n) is 3.98. The number of rotatable bonds is 3. The average Bonchev–Trinajstić information content (AvgIpc) is 2.09. The van der Waals surface area contributed by atoms with Crippen molar-refractivity contribution in [2.75, 3.05) is 19.5 Å². The molecule has 0 radical (unpaired) electrons. The van der Waals surface area contributed by atoms with Gasteiger partial charge in [0, 0.05) is 12.8 Å². The number of nitrogens with two attached hydrogens (primary N) is 2. The first kappa shape index (κ1) is 9.83. The molecule has 0 aromatic heterocycles. The SMILES string of the molecule is COCC(N)c1cc(O)ccc1N. The third-order valence-electron chi connectivity index (χ3n) is 1.82. The molecule has 1 aromatic rings. The molecule has 0 aliphatic rings. The van der Waals surface area contributed by atoms with Gasteiger partial charge in [0.15, 0.2) is 0 Å². The number of benzene rings is 1. The van der Waals surface area contributed by atoms with Crippen LogP contribution in [0.4, 0.5) is 5.69 Å². The number of phenols is 1. The second kappa shape index (κ2) is 4.11. The van der Waals surface area contributed by atoms with E-state index in [1.165, 1.54) is 6.07 Å². The van der Waals surface area contributed by atoms with E-state index in [0.29, 0.717) is 17.9 Å². The number of hydrogen-bond donors (Lipinski definition) is 3. The van der Waals surface area contributed by atoms with E-state index in [1.54, 1.807) is 19.2 Å². The molecule has 1 unspecified atom stereocenters. The van der Waals surface area contributed by atoms with Gasteiger partial charge in [0.25, 0.3) is 0 Å². The predicted octanol–water partition coefficient (Wildman–Crippen LogP) is 0.621. The van der Waals surface area contributed by atoms with Gasteiger partial charge >= 0.3 is 0 Å². The van der Waals surface area contributed by atoms with Crippen molar-refractivity contribution in [3.8, 4) is 5.75 Å². The lowest BCUT2D eigenvalue weighted by Crippen LogP contribution is -2.17. The van der Waals surface area contributed by atoms with E-state index in [4.69, 9.17) is 16.2 Å². The van der Waals surface area contributed by atoms with Gasteiger partial charge in [-0.3, -0.25) is 0 Å². The highest BCUT2D eigenvalue weighted by molar-refractivity contribution is 5.51. The standard InChI is InChI=1S/C9H14N2O2/c1-13-5-9(11)7-4-6(12)2-3-8(7)10/h2-4,9,12H,5,10-11H2,1H3. The van der Waals surface area contributed by atoms with E-state index in [9.17, 15) is 5.11 Å². The van der Waals surface area contributed by atoms with Gasteiger partial charge in [-0.2, -0.15) is 0 Å². The molecule has 0 aliphatic heterocycles. The average molecular weight is 182 g/mol. The van der Waals surface area contributed by atoms with E-state index >= 15 is 0 Å². The molecule has 1 aromatic carbocycles. The summed E-state index contributed by atoms with van der Waals surface area (Å²) < 4.78 is 4.89. The third kappa shape index (κ3) is 2.34. The second-order valence-electron chi connectivity index (χ2n) is 2.88. The maximum Gasteiger partial charge on any atom is 0.116 e. The first-order valence-corrected chi connectivity index (χ1v) is 3.98. The van der Waals surface area contributed by atoms with Crippen molar-refractivity contribution >= 4 is 5.69 Å². The van der Waals surface area contributed by atoms with Crippen LogP contribution in [0, 0.1) is 0 Å². The van der Waals surface area contributed by atoms with Crippen LogP contribution in [0.5, 0.6) is 5.75 Å². The monoisotopic (exact) mass is 182 g/mol. The molecule has 0 bridgehead atoms. The highest BCUT2D eigenvalue weighted by atomic mass is 16.5. The van der Waals surface area contributed by atoms with Crippen molar-refractivity contribution < 1.29 is 9.84 Å². The normalized spacial score (nSPS) is 12.8. The van der Waals surface area contributed by atoms with Crippen LogP contribution in [0.1, 0.15) is 11.6 Å². The zero-order valence-corrected chi connectivity index (χ0v) is 7.53. The Kier molecular flexibility index (Phi) is 3.11. The second-order valence-corrected chi connectivity index (χ2v) is 2.88. The Bertz CT molecular complexity index is 289. The van der Waals surface area contributed by atoms with Gasteiger partial charge in [0.2, 0.25) is 0 Å². The minimum atomic E-state index is -0.294. The molecule has 0 saturated carbocycles. The molecule has 4 nitrogen and oxygen atoms in total. The molecule has 0 saturated heterocycles. The number of anilines is 1. The van der Waals surface area contributed by atoms with E-state index in [0.717, 1.165) is 0 Å². The van der Waals surface area contributed by atoms with Crippen LogP contribution in [0.25, 0.3) is 0 Å². The quantitative estimate of drug-likeness (QED) is 0.473. The highest BCUT2D eigenvalue weighted by Crippen LogP contribution is 2.23. The summed E-state index contributed by atoms with van der Waals surface area (Å²) >= 11 is 0. The van der Waals surface area contributed by atoms with Crippen molar-refractivity contribution in [1.29, 1.82) is 0 Å². The van der Waals surface area contributed by atoms with Gasteiger partial charge in [-0.15, -0.1) is 0 Å².